The fraction of sp³-hybridized carbons (Fsp3) is 0.120. The van der Waals surface area contributed by atoms with Crippen LogP contribution in [0, 0.1) is 0 Å². The Morgan fingerprint density at radius 3 is 2.29 bits per heavy atom. The van der Waals surface area contributed by atoms with Gasteiger partial charge >= 0.3 is 5.97 Å². The van der Waals surface area contributed by atoms with Gasteiger partial charge in [0, 0.05) is 11.5 Å². The van der Waals surface area contributed by atoms with Gasteiger partial charge in [-0.2, -0.15) is 9.78 Å². The van der Waals surface area contributed by atoms with E-state index in [9.17, 15) is 14.4 Å². The standard InChI is InChI=1S/C25H21N3O6/c1-32-15-12-13-20(21(14-15)33-2)28-24(30)17-9-5-4-8-16(17)22(27-28)23(29)26-19-11-7-6-10-18(19)25(31)34-3/h4-14H,1-3H3,(H,26,29). The summed E-state index contributed by atoms with van der Waals surface area (Å²) in [5.41, 5.74) is 0.346. The van der Waals surface area contributed by atoms with E-state index in [1.807, 2.05) is 0 Å². The highest BCUT2D eigenvalue weighted by Crippen LogP contribution is 2.27. The van der Waals surface area contributed by atoms with E-state index in [1.54, 1.807) is 60.7 Å². The fourth-order valence-corrected chi connectivity index (χ4v) is 3.54. The molecule has 0 bridgehead atoms. The Labute approximate surface area is 194 Å². The zero-order chi connectivity index (χ0) is 24.2. The lowest BCUT2D eigenvalue weighted by atomic mass is 10.1. The number of rotatable bonds is 6. The van der Waals surface area contributed by atoms with Crippen LogP contribution >= 0.6 is 0 Å². The largest absolute Gasteiger partial charge is 0.497 e. The van der Waals surface area contributed by atoms with Crippen molar-refractivity contribution in [3.05, 3.63) is 88.3 Å². The summed E-state index contributed by atoms with van der Waals surface area (Å²) in [6.07, 6.45) is 0. The van der Waals surface area contributed by atoms with Crippen molar-refractivity contribution in [1.82, 2.24) is 9.78 Å². The normalized spacial score (nSPS) is 10.6. The lowest BCUT2D eigenvalue weighted by Crippen LogP contribution is -2.27. The molecule has 34 heavy (non-hydrogen) atoms. The van der Waals surface area contributed by atoms with Crippen molar-refractivity contribution in [1.29, 1.82) is 0 Å². The molecule has 3 aromatic carbocycles. The first-order chi connectivity index (χ1) is 16.5. The number of hydrogen-bond donors (Lipinski definition) is 1. The first-order valence-electron chi connectivity index (χ1n) is 10.2. The number of hydrogen-bond acceptors (Lipinski definition) is 7. The number of aromatic nitrogens is 2. The Bertz CT molecular complexity index is 1460. The maximum Gasteiger partial charge on any atom is 0.339 e. The lowest BCUT2D eigenvalue weighted by Gasteiger charge is -2.15. The Kier molecular flexibility index (Phi) is 6.26. The van der Waals surface area contributed by atoms with E-state index in [-0.39, 0.29) is 16.9 Å². The van der Waals surface area contributed by atoms with Crippen LogP contribution in [0.3, 0.4) is 0 Å². The summed E-state index contributed by atoms with van der Waals surface area (Å²) < 4.78 is 16.6. The number of carbonyl (C=O) groups is 2. The topological polar surface area (TPSA) is 109 Å². The van der Waals surface area contributed by atoms with E-state index in [2.05, 4.69) is 10.4 Å². The summed E-state index contributed by atoms with van der Waals surface area (Å²) in [7, 11) is 4.24. The molecule has 0 aliphatic rings. The first-order valence-corrected chi connectivity index (χ1v) is 10.2. The van der Waals surface area contributed by atoms with E-state index in [4.69, 9.17) is 14.2 Å². The summed E-state index contributed by atoms with van der Waals surface area (Å²) in [5, 5.41) is 7.75. The number of amides is 1. The van der Waals surface area contributed by atoms with Gasteiger partial charge in [-0.25, -0.2) is 4.79 Å². The van der Waals surface area contributed by atoms with E-state index in [0.717, 1.165) is 4.68 Å². The molecule has 172 valence electrons. The van der Waals surface area contributed by atoms with Crippen molar-refractivity contribution in [2.45, 2.75) is 0 Å². The van der Waals surface area contributed by atoms with Gasteiger partial charge in [0.25, 0.3) is 11.5 Å². The molecule has 0 unspecified atom stereocenters. The van der Waals surface area contributed by atoms with Gasteiger partial charge < -0.3 is 19.5 Å². The van der Waals surface area contributed by atoms with Crippen LogP contribution < -0.4 is 20.3 Å². The number of nitrogens with zero attached hydrogens (tertiary/aromatic N) is 2. The van der Waals surface area contributed by atoms with Crippen molar-refractivity contribution in [3.63, 3.8) is 0 Å². The lowest BCUT2D eigenvalue weighted by molar-refractivity contribution is 0.0602. The van der Waals surface area contributed by atoms with Crippen LogP contribution in [0.25, 0.3) is 16.5 Å². The molecule has 9 heteroatoms. The fourth-order valence-electron chi connectivity index (χ4n) is 3.54. The van der Waals surface area contributed by atoms with Crippen LogP contribution in [0.1, 0.15) is 20.8 Å². The molecule has 0 spiro atoms. The second kappa shape index (κ2) is 9.45. The van der Waals surface area contributed by atoms with Crippen LogP contribution in [0.2, 0.25) is 0 Å². The summed E-state index contributed by atoms with van der Waals surface area (Å²) in [6, 6.07) is 18.0. The second-order valence-electron chi connectivity index (χ2n) is 7.14. The Morgan fingerprint density at radius 1 is 0.882 bits per heavy atom. The van der Waals surface area contributed by atoms with Gasteiger partial charge in [0.05, 0.1) is 38.0 Å². The van der Waals surface area contributed by atoms with Crippen LogP contribution in [0.15, 0.2) is 71.5 Å². The highest BCUT2D eigenvalue weighted by Gasteiger charge is 2.21. The molecule has 0 saturated carbocycles. The predicted molar refractivity (Wildman–Crippen MR) is 126 cm³/mol. The van der Waals surface area contributed by atoms with Gasteiger partial charge in [-0.3, -0.25) is 9.59 Å². The maximum atomic E-state index is 13.3. The number of fused-ring (bicyclic) bond motifs is 1. The monoisotopic (exact) mass is 459 g/mol. The van der Waals surface area contributed by atoms with Crippen LogP contribution in [0.4, 0.5) is 5.69 Å². The van der Waals surface area contributed by atoms with Crippen molar-refractivity contribution in [2.75, 3.05) is 26.6 Å². The zero-order valence-electron chi connectivity index (χ0n) is 18.7. The number of benzene rings is 3. The number of esters is 1. The summed E-state index contributed by atoms with van der Waals surface area (Å²) in [5.74, 6) is -0.325. The number of ether oxygens (including phenoxy) is 3. The Morgan fingerprint density at radius 2 is 1.59 bits per heavy atom. The van der Waals surface area contributed by atoms with Gasteiger partial charge in [0.2, 0.25) is 0 Å². The third-order valence-corrected chi connectivity index (χ3v) is 5.22. The second-order valence-corrected chi connectivity index (χ2v) is 7.14. The number of para-hydroxylation sites is 1. The van der Waals surface area contributed by atoms with E-state index < -0.39 is 17.4 Å². The molecular weight excluding hydrogens is 438 g/mol. The average Bonchev–Trinajstić information content (AvgIpc) is 2.88. The molecule has 4 aromatic rings. The molecule has 1 aromatic heterocycles. The molecule has 0 atom stereocenters. The smallest absolute Gasteiger partial charge is 0.339 e. The van der Waals surface area contributed by atoms with E-state index in [0.29, 0.717) is 28.0 Å². The highest BCUT2D eigenvalue weighted by molar-refractivity contribution is 6.13. The predicted octanol–water partition coefficient (Wildman–Crippen LogP) is 3.44. The summed E-state index contributed by atoms with van der Waals surface area (Å²) in [6.45, 7) is 0. The third-order valence-electron chi connectivity index (χ3n) is 5.22. The molecular formula is C25H21N3O6. The Balaban J connectivity index is 1.88. The van der Waals surface area contributed by atoms with E-state index >= 15 is 0 Å². The number of nitrogens with one attached hydrogen (secondary N) is 1. The zero-order valence-corrected chi connectivity index (χ0v) is 18.7. The van der Waals surface area contributed by atoms with E-state index in [1.165, 1.54) is 27.4 Å². The van der Waals surface area contributed by atoms with Gasteiger partial charge in [-0.15, -0.1) is 0 Å². The summed E-state index contributed by atoms with van der Waals surface area (Å²) >= 11 is 0. The highest BCUT2D eigenvalue weighted by atomic mass is 16.5. The molecule has 9 nitrogen and oxygen atoms in total. The van der Waals surface area contributed by atoms with Gasteiger partial charge in [0.15, 0.2) is 5.69 Å². The SMILES string of the molecule is COC(=O)c1ccccc1NC(=O)c1nn(-c2ccc(OC)cc2OC)c(=O)c2ccccc12. The van der Waals surface area contributed by atoms with Crippen LogP contribution in [-0.4, -0.2) is 43.0 Å². The molecule has 1 heterocycles. The molecule has 0 aliphatic heterocycles. The minimum absolute atomic E-state index is 0.00672. The number of carbonyl (C=O) groups excluding carboxylic acids is 2. The van der Waals surface area contributed by atoms with Crippen molar-refractivity contribution >= 4 is 28.3 Å². The van der Waals surface area contributed by atoms with Gasteiger partial charge in [0.1, 0.15) is 17.2 Å². The molecule has 4 rings (SSSR count). The third kappa shape index (κ3) is 4.06. The van der Waals surface area contributed by atoms with Crippen molar-refractivity contribution < 1.29 is 23.8 Å². The number of methoxy groups -OCH3 is 3. The van der Waals surface area contributed by atoms with Crippen molar-refractivity contribution in [2.24, 2.45) is 0 Å². The first kappa shape index (κ1) is 22.5. The maximum absolute atomic E-state index is 13.3. The van der Waals surface area contributed by atoms with Crippen LogP contribution in [-0.2, 0) is 4.74 Å². The molecule has 1 N–H and O–H groups in total. The minimum Gasteiger partial charge on any atom is -0.497 e. The van der Waals surface area contributed by atoms with Crippen molar-refractivity contribution in [3.8, 4) is 17.2 Å². The molecule has 0 fully saturated rings. The quantitative estimate of drug-likeness (QED) is 0.440. The molecule has 0 radical (unpaired) electrons. The van der Waals surface area contributed by atoms with Gasteiger partial charge in [-0.05, 0) is 30.3 Å². The van der Waals surface area contributed by atoms with Crippen LogP contribution in [0.5, 0.6) is 11.5 Å². The summed E-state index contributed by atoms with van der Waals surface area (Å²) in [4.78, 5) is 38.7. The molecule has 1 amide bonds. The molecule has 0 saturated heterocycles. The van der Waals surface area contributed by atoms with Gasteiger partial charge in [-0.1, -0.05) is 30.3 Å². The minimum atomic E-state index is -0.603. The number of anilines is 1. The Hall–Kier alpha value is -4.66. The average molecular weight is 459 g/mol. The molecule has 0 aliphatic carbocycles.